The molecule has 0 saturated carbocycles. The average Bonchev–Trinajstić information content (AvgIpc) is 2.29. The molecule has 90 valence electrons. The molecule has 0 unspecified atom stereocenters. The maximum atomic E-state index is 11.9. The van der Waals surface area contributed by atoms with Gasteiger partial charge in [-0.25, -0.2) is 4.90 Å². The number of hydrogen-bond donors (Lipinski definition) is 0. The maximum Gasteiger partial charge on any atom is 0.249 e. The lowest BCUT2D eigenvalue weighted by atomic mass is 10.2. The van der Waals surface area contributed by atoms with Crippen molar-refractivity contribution >= 4 is 28.3 Å². The molecule has 1 aromatic carbocycles. The monoisotopic (exact) mass is 251 g/mol. The predicted octanol–water partition coefficient (Wildman–Crippen LogP) is 1.01. The summed E-state index contributed by atoms with van der Waals surface area (Å²) in [6, 6.07) is 7.14. The molecule has 2 rings (SSSR count). The van der Waals surface area contributed by atoms with Crippen LogP contribution >= 0.6 is 0 Å². The van der Waals surface area contributed by atoms with Crippen LogP contribution in [0, 0.1) is 6.92 Å². The first kappa shape index (κ1) is 12.0. The average molecular weight is 251 g/mol. The molecule has 4 nitrogen and oxygen atoms in total. The van der Waals surface area contributed by atoms with Gasteiger partial charge < -0.3 is 0 Å². The second-order valence-electron chi connectivity index (χ2n) is 4.07. The third kappa shape index (κ3) is 2.15. The second kappa shape index (κ2) is 4.41. The SMILES string of the molecule is Cc1ccc(N2C(=O)C[S@@](=O)[C@@H](C)C2=O)cc1. The van der Waals surface area contributed by atoms with E-state index in [0.717, 1.165) is 10.5 Å². The Morgan fingerprint density at radius 2 is 1.82 bits per heavy atom. The van der Waals surface area contributed by atoms with Crippen LogP contribution in [0.15, 0.2) is 24.3 Å². The Bertz CT molecular complexity index is 495. The van der Waals surface area contributed by atoms with Gasteiger partial charge in [0.2, 0.25) is 11.8 Å². The molecule has 0 aromatic heterocycles. The van der Waals surface area contributed by atoms with E-state index in [2.05, 4.69) is 0 Å². The number of carbonyl (C=O) groups is 2. The lowest BCUT2D eigenvalue weighted by Crippen LogP contribution is -2.51. The Kier molecular flexibility index (Phi) is 3.11. The van der Waals surface area contributed by atoms with E-state index >= 15 is 0 Å². The summed E-state index contributed by atoms with van der Waals surface area (Å²) in [5.41, 5.74) is 1.61. The van der Waals surface area contributed by atoms with Crippen LogP contribution in [-0.2, 0) is 20.4 Å². The molecule has 1 aromatic rings. The van der Waals surface area contributed by atoms with Crippen molar-refractivity contribution < 1.29 is 13.8 Å². The third-order valence-corrected chi connectivity index (χ3v) is 4.29. The summed E-state index contributed by atoms with van der Waals surface area (Å²) < 4.78 is 11.5. The number of imide groups is 1. The molecule has 0 radical (unpaired) electrons. The van der Waals surface area contributed by atoms with E-state index in [4.69, 9.17) is 0 Å². The van der Waals surface area contributed by atoms with Gasteiger partial charge in [-0.15, -0.1) is 0 Å². The van der Waals surface area contributed by atoms with E-state index in [-0.39, 0.29) is 11.7 Å². The van der Waals surface area contributed by atoms with Crippen LogP contribution in [0.2, 0.25) is 0 Å². The number of nitrogens with zero attached hydrogens (tertiary/aromatic N) is 1. The van der Waals surface area contributed by atoms with Gasteiger partial charge in [-0.3, -0.25) is 13.8 Å². The smallest absolute Gasteiger partial charge is 0.249 e. The molecule has 0 bridgehead atoms. The van der Waals surface area contributed by atoms with Crippen LogP contribution in [0.4, 0.5) is 5.69 Å². The molecule has 0 N–H and O–H groups in total. The first-order valence-electron chi connectivity index (χ1n) is 5.31. The van der Waals surface area contributed by atoms with E-state index in [1.165, 1.54) is 0 Å². The molecule has 1 fully saturated rings. The van der Waals surface area contributed by atoms with Gasteiger partial charge in [0.15, 0.2) is 0 Å². The number of benzene rings is 1. The molecule has 1 aliphatic rings. The maximum absolute atomic E-state index is 11.9. The van der Waals surface area contributed by atoms with Gasteiger partial charge in [-0.05, 0) is 26.0 Å². The number of rotatable bonds is 1. The van der Waals surface area contributed by atoms with Crippen molar-refractivity contribution in [1.82, 2.24) is 0 Å². The van der Waals surface area contributed by atoms with Crippen molar-refractivity contribution in [3.63, 3.8) is 0 Å². The van der Waals surface area contributed by atoms with Gasteiger partial charge in [-0.1, -0.05) is 17.7 Å². The Balaban J connectivity index is 2.37. The van der Waals surface area contributed by atoms with Crippen LogP contribution < -0.4 is 4.90 Å². The minimum atomic E-state index is -1.38. The fraction of sp³-hybridized carbons (Fsp3) is 0.333. The molecule has 1 aliphatic heterocycles. The molecule has 0 aliphatic carbocycles. The Labute approximate surface area is 102 Å². The third-order valence-electron chi connectivity index (χ3n) is 2.77. The first-order valence-corrected chi connectivity index (χ1v) is 6.69. The topological polar surface area (TPSA) is 54.5 Å². The van der Waals surface area contributed by atoms with E-state index in [1.54, 1.807) is 19.1 Å². The highest BCUT2D eigenvalue weighted by molar-refractivity contribution is 7.87. The number of anilines is 1. The molecule has 2 amide bonds. The zero-order valence-electron chi connectivity index (χ0n) is 9.67. The van der Waals surface area contributed by atoms with Crippen LogP contribution in [0.3, 0.4) is 0 Å². The summed E-state index contributed by atoms with van der Waals surface area (Å²) in [5, 5.41) is -0.617. The summed E-state index contributed by atoms with van der Waals surface area (Å²) in [7, 11) is -1.38. The van der Waals surface area contributed by atoms with Gasteiger partial charge in [0.05, 0.1) is 5.69 Å². The molecule has 1 heterocycles. The zero-order valence-corrected chi connectivity index (χ0v) is 10.5. The molecular formula is C12H13NO3S. The Morgan fingerprint density at radius 3 is 2.41 bits per heavy atom. The molecule has 0 spiro atoms. The summed E-state index contributed by atoms with van der Waals surface area (Å²) in [5.74, 6) is -0.862. The van der Waals surface area contributed by atoms with E-state index in [9.17, 15) is 13.8 Å². The summed E-state index contributed by atoms with van der Waals surface area (Å²) in [6.07, 6.45) is 0. The molecule has 1 saturated heterocycles. The zero-order chi connectivity index (χ0) is 12.6. The first-order chi connectivity index (χ1) is 8.00. The minimum Gasteiger partial charge on any atom is -0.273 e. The van der Waals surface area contributed by atoms with Gasteiger partial charge in [0, 0.05) is 10.8 Å². The van der Waals surface area contributed by atoms with Gasteiger partial charge in [0.1, 0.15) is 11.0 Å². The highest BCUT2D eigenvalue weighted by Crippen LogP contribution is 2.21. The van der Waals surface area contributed by atoms with Crippen LogP contribution in [0.25, 0.3) is 0 Å². The molecule has 17 heavy (non-hydrogen) atoms. The standard InChI is InChI=1S/C12H13NO3S/c1-8-3-5-10(6-4-8)13-11(14)7-17(16)9(2)12(13)15/h3-6,9H,7H2,1-2H3/t9-,17+/m0/s1. The number of carbonyl (C=O) groups excluding carboxylic acids is 2. The van der Waals surface area contributed by atoms with E-state index in [1.807, 2.05) is 19.1 Å². The lowest BCUT2D eigenvalue weighted by Gasteiger charge is -2.28. The predicted molar refractivity (Wildman–Crippen MR) is 66.1 cm³/mol. The van der Waals surface area contributed by atoms with Gasteiger partial charge >= 0.3 is 0 Å². The summed E-state index contributed by atoms with van der Waals surface area (Å²) in [6.45, 7) is 3.52. The Morgan fingerprint density at radius 1 is 1.24 bits per heavy atom. The summed E-state index contributed by atoms with van der Waals surface area (Å²) in [4.78, 5) is 24.8. The quantitative estimate of drug-likeness (QED) is 0.700. The van der Waals surface area contributed by atoms with Crippen LogP contribution in [-0.4, -0.2) is 27.0 Å². The Hall–Kier alpha value is -1.49. The van der Waals surface area contributed by atoms with Crippen molar-refractivity contribution in [2.24, 2.45) is 0 Å². The largest absolute Gasteiger partial charge is 0.273 e. The fourth-order valence-electron chi connectivity index (χ4n) is 1.69. The lowest BCUT2D eigenvalue weighted by molar-refractivity contribution is -0.125. The fourth-order valence-corrected chi connectivity index (χ4v) is 2.65. The van der Waals surface area contributed by atoms with E-state index in [0.29, 0.717) is 5.69 Å². The van der Waals surface area contributed by atoms with Crippen molar-refractivity contribution in [3.05, 3.63) is 29.8 Å². The van der Waals surface area contributed by atoms with Crippen molar-refractivity contribution in [3.8, 4) is 0 Å². The minimum absolute atomic E-state index is 0.0826. The number of aryl methyl sites for hydroxylation is 1. The van der Waals surface area contributed by atoms with Crippen molar-refractivity contribution in [2.75, 3.05) is 10.7 Å². The van der Waals surface area contributed by atoms with Crippen LogP contribution in [0.5, 0.6) is 0 Å². The second-order valence-corrected chi connectivity index (χ2v) is 5.83. The number of amides is 2. The van der Waals surface area contributed by atoms with Crippen molar-refractivity contribution in [1.29, 1.82) is 0 Å². The highest BCUT2D eigenvalue weighted by atomic mass is 32.2. The van der Waals surface area contributed by atoms with Gasteiger partial charge in [0.25, 0.3) is 0 Å². The van der Waals surface area contributed by atoms with E-state index < -0.39 is 22.0 Å². The van der Waals surface area contributed by atoms with Crippen molar-refractivity contribution in [2.45, 2.75) is 19.1 Å². The molecule has 5 heteroatoms. The molecule has 2 atom stereocenters. The normalized spacial score (nSPS) is 25.2. The summed E-state index contributed by atoms with van der Waals surface area (Å²) >= 11 is 0. The van der Waals surface area contributed by atoms with Crippen LogP contribution in [0.1, 0.15) is 12.5 Å². The molecular weight excluding hydrogens is 238 g/mol. The highest BCUT2D eigenvalue weighted by Gasteiger charge is 2.37. The van der Waals surface area contributed by atoms with Gasteiger partial charge in [-0.2, -0.15) is 0 Å². The number of hydrogen-bond acceptors (Lipinski definition) is 3.